The maximum atomic E-state index is 12.1. The van der Waals surface area contributed by atoms with Crippen LogP contribution in [0.3, 0.4) is 0 Å². The van der Waals surface area contributed by atoms with Gasteiger partial charge in [-0.25, -0.2) is 0 Å². The monoisotopic (exact) mass is 230 g/mol. The van der Waals surface area contributed by atoms with Crippen LogP contribution in [0, 0.1) is 5.41 Å². The summed E-state index contributed by atoms with van der Waals surface area (Å²) in [6, 6.07) is -0.144. The van der Waals surface area contributed by atoms with E-state index in [4.69, 9.17) is 15.9 Å². The Hall–Kier alpha value is -0.650. The van der Waals surface area contributed by atoms with Gasteiger partial charge in [-0.05, 0) is 26.7 Å². The highest BCUT2D eigenvalue weighted by Gasteiger charge is 2.44. The number of aliphatic hydroxyl groups excluding tert-OH is 2. The van der Waals surface area contributed by atoms with E-state index in [-0.39, 0.29) is 25.2 Å². The first-order valence-corrected chi connectivity index (χ1v) is 5.68. The molecule has 1 amide bonds. The zero-order valence-electron chi connectivity index (χ0n) is 9.99. The Kier molecular flexibility index (Phi) is 3.93. The first kappa shape index (κ1) is 13.4. The summed E-state index contributed by atoms with van der Waals surface area (Å²) in [4.78, 5) is 12.1. The molecule has 0 aliphatic heterocycles. The number of aliphatic hydroxyl groups is 2. The lowest BCUT2D eigenvalue weighted by Gasteiger charge is -2.34. The van der Waals surface area contributed by atoms with Crippen LogP contribution < -0.4 is 11.1 Å². The first-order valence-electron chi connectivity index (χ1n) is 5.68. The molecule has 1 rings (SSSR count). The van der Waals surface area contributed by atoms with Gasteiger partial charge in [-0.15, -0.1) is 0 Å². The lowest BCUT2D eigenvalue weighted by Crippen LogP contribution is -2.58. The predicted octanol–water partition coefficient (Wildman–Crippen LogP) is -0.637. The zero-order chi connectivity index (χ0) is 12.4. The van der Waals surface area contributed by atoms with Crippen molar-refractivity contribution in [2.45, 2.75) is 44.7 Å². The van der Waals surface area contributed by atoms with Gasteiger partial charge in [0.2, 0.25) is 5.91 Å². The number of carbonyl (C=O) groups is 1. The molecule has 1 saturated carbocycles. The van der Waals surface area contributed by atoms with Crippen LogP contribution >= 0.6 is 0 Å². The molecule has 94 valence electrons. The van der Waals surface area contributed by atoms with Gasteiger partial charge in [-0.1, -0.05) is 6.42 Å². The molecular weight excluding hydrogens is 208 g/mol. The molecule has 0 bridgehead atoms. The highest BCUT2D eigenvalue weighted by molar-refractivity contribution is 5.84. The molecule has 16 heavy (non-hydrogen) atoms. The topological polar surface area (TPSA) is 95.6 Å². The number of nitrogens with one attached hydrogen (secondary N) is 1. The first-order chi connectivity index (χ1) is 7.38. The van der Waals surface area contributed by atoms with Crippen LogP contribution in [0.1, 0.15) is 33.1 Å². The van der Waals surface area contributed by atoms with Crippen LogP contribution in [0.15, 0.2) is 0 Å². The highest BCUT2D eigenvalue weighted by atomic mass is 16.3. The third-order valence-electron chi connectivity index (χ3n) is 3.66. The second kappa shape index (κ2) is 4.69. The van der Waals surface area contributed by atoms with Crippen molar-refractivity contribution in [3.05, 3.63) is 0 Å². The molecule has 5 heteroatoms. The summed E-state index contributed by atoms with van der Waals surface area (Å²) in [5.74, 6) is -0.178. The molecule has 0 aromatic rings. The van der Waals surface area contributed by atoms with Crippen LogP contribution in [0.25, 0.3) is 0 Å². The van der Waals surface area contributed by atoms with Gasteiger partial charge in [-0.2, -0.15) is 0 Å². The van der Waals surface area contributed by atoms with E-state index in [0.717, 1.165) is 19.3 Å². The number of hydrogen-bond acceptors (Lipinski definition) is 4. The van der Waals surface area contributed by atoms with E-state index in [1.807, 2.05) is 6.92 Å². The average molecular weight is 230 g/mol. The van der Waals surface area contributed by atoms with Crippen LogP contribution in [-0.2, 0) is 4.79 Å². The Morgan fingerprint density at radius 2 is 2.12 bits per heavy atom. The summed E-state index contributed by atoms with van der Waals surface area (Å²) in [6.45, 7) is 2.87. The molecule has 0 saturated heterocycles. The fourth-order valence-corrected chi connectivity index (χ4v) is 2.02. The number of rotatable bonds is 4. The second-order valence-corrected chi connectivity index (χ2v) is 5.25. The van der Waals surface area contributed by atoms with Gasteiger partial charge in [0, 0.05) is 6.04 Å². The molecule has 5 N–H and O–H groups in total. The van der Waals surface area contributed by atoms with Crippen LogP contribution in [0.5, 0.6) is 0 Å². The molecule has 1 aliphatic carbocycles. The summed E-state index contributed by atoms with van der Waals surface area (Å²) >= 11 is 0. The van der Waals surface area contributed by atoms with Crippen molar-refractivity contribution in [1.82, 2.24) is 5.32 Å². The molecule has 5 nitrogen and oxygen atoms in total. The van der Waals surface area contributed by atoms with Crippen molar-refractivity contribution in [2.75, 3.05) is 13.2 Å². The molecule has 0 radical (unpaired) electrons. The molecule has 0 aromatic carbocycles. The molecule has 2 unspecified atom stereocenters. The van der Waals surface area contributed by atoms with Crippen molar-refractivity contribution in [3.63, 3.8) is 0 Å². The summed E-state index contributed by atoms with van der Waals surface area (Å²) in [5, 5.41) is 20.9. The number of nitrogens with two attached hydrogens (primary N) is 1. The van der Waals surface area contributed by atoms with Gasteiger partial charge >= 0.3 is 0 Å². The third-order valence-corrected chi connectivity index (χ3v) is 3.66. The van der Waals surface area contributed by atoms with Crippen molar-refractivity contribution >= 4 is 5.91 Å². The zero-order valence-corrected chi connectivity index (χ0v) is 9.99. The SMILES string of the molecule is CC(CO)(CO)NC(=O)C1(C)CCCC1N. The normalized spacial score (nSPS) is 30.4. The van der Waals surface area contributed by atoms with Crippen LogP contribution in [0.4, 0.5) is 0 Å². The summed E-state index contributed by atoms with van der Waals surface area (Å²) < 4.78 is 0. The van der Waals surface area contributed by atoms with Gasteiger partial charge in [-0.3, -0.25) is 4.79 Å². The lowest BCUT2D eigenvalue weighted by molar-refractivity contribution is -0.133. The highest BCUT2D eigenvalue weighted by Crippen LogP contribution is 2.37. The summed E-state index contributed by atoms with van der Waals surface area (Å²) in [7, 11) is 0. The van der Waals surface area contributed by atoms with Crippen molar-refractivity contribution in [3.8, 4) is 0 Å². The van der Waals surface area contributed by atoms with Crippen molar-refractivity contribution in [1.29, 1.82) is 0 Å². The van der Waals surface area contributed by atoms with Gasteiger partial charge < -0.3 is 21.3 Å². The minimum absolute atomic E-state index is 0.144. The maximum Gasteiger partial charge on any atom is 0.228 e. The molecule has 2 atom stereocenters. The van der Waals surface area contributed by atoms with Gasteiger partial charge in [0.25, 0.3) is 0 Å². The minimum Gasteiger partial charge on any atom is -0.394 e. The lowest BCUT2D eigenvalue weighted by atomic mass is 9.83. The van der Waals surface area contributed by atoms with E-state index in [0.29, 0.717) is 0 Å². The Labute approximate surface area is 96.0 Å². The van der Waals surface area contributed by atoms with E-state index >= 15 is 0 Å². The second-order valence-electron chi connectivity index (χ2n) is 5.25. The molecular formula is C11H22N2O3. The average Bonchev–Trinajstić information content (AvgIpc) is 2.60. The smallest absolute Gasteiger partial charge is 0.228 e. The van der Waals surface area contributed by atoms with E-state index in [1.165, 1.54) is 0 Å². The number of hydrogen-bond donors (Lipinski definition) is 4. The molecule has 1 fully saturated rings. The Morgan fingerprint density at radius 3 is 2.50 bits per heavy atom. The third kappa shape index (κ3) is 2.36. The van der Waals surface area contributed by atoms with E-state index < -0.39 is 11.0 Å². The van der Waals surface area contributed by atoms with Gasteiger partial charge in [0.15, 0.2) is 0 Å². The van der Waals surface area contributed by atoms with Crippen molar-refractivity contribution < 1.29 is 15.0 Å². The van der Waals surface area contributed by atoms with Gasteiger partial charge in [0.05, 0.1) is 24.2 Å². The fraction of sp³-hybridized carbons (Fsp3) is 0.909. The fourth-order valence-electron chi connectivity index (χ4n) is 2.02. The molecule has 0 aromatic heterocycles. The Balaban J connectivity index is 2.71. The van der Waals surface area contributed by atoms with Crippen molar-refractivity contribution in [2.24, 2.45) is 11.1 Å². The van der Waals surface area contributed by atoms with Crippen LogP contribution in [-0.4, -0.2) is 40.9 Å². The van der Waals surface area contributed by atoms with Gasteiger partial charge in [0.1, 0.15) is 0 Å². The summed E-state index contributed by atoms with van der Waals surface area (Å²) in [6.07, 6.45) is 2.55. The Morgan fingerprint density at radius 1 is 1.56 bits per heavy atom. The predicted molar refractivity (Wildman–Crippen MR) is 60.7 cm³/mol. The molecule has 1 aliphatic rings. The molecule has 0 spiro atoms. The number of amides is 1. The maximum absolute atomic E-state index is 12.1. The quantitative estimate of drug-likeness (QED) is 0.517. The minimum atomic E-state index is -0.970. The Bertz CT molecular complexity index is 266. The largest absolute Gasteiger partial charge is 0.394 e. The van der Waals surface area contributed by atoms with Crippen LogP contribution in [0.2, 0.25) is 0 Å². The standard InChI is InChI=1S/C11H22N2O3/c1-10(6-14,7-15)13-9(16)11(2)5-3-4-8(11)12/h8,14-15H,3-7,12H2,1-2H3,(H,13,16). The summed E-state index contributed by atoms with van der Waals surface area (Å²) in [5.41, 5.74) is 4.38. The van der Waals surface area contributed by atoms with E-state index in [1.54, 1.807) is 6.92 Å². The van der Waals surface area contributed by atoms with E-state index in [9.17, 15) is 4.79 Å². The number of carbonyl (C=O) groups excluding carboxylic acids is 1. The molecule has 0 heterocycles. The van der Waals surface area contributed by atoms with E-state index in [2.05, 4.69) is 5.32 Å².